The van der Waals surface area contributed by atoms with Gasteiger partial charge in [-0.3, -0.25) is 4.68 Å². The maximum atomic E-state index is 9.62. The first-order valence-corrected chi connectivity index (χ1v) is 4.07. The van der Waals surface area contributed by atoms with Gasteiger partial charge in [0.2, 0.25) is 0 Å². The van der Waals surface area contributed by atoms with Gasteiger partial charge in [0.1, 0.15) is 0 Å². The van der Waals surface area contributed by atoms with Gasteiger partial charge in [-0.25, -0.2) is 0 Å². The van der Waals surface area contributed by atoms with Gasteiger partial charge < -0.3 is 10.8 Å². The molecule has 4 heteroatoms. The van der Waals surface area contributed by atoms with Crippen molar-refractivity contribution in [2.24, 2.45) is 12.8 Å². The number of hydrogen-bond acceptors (Lipinski definition) is 3. The van der Waals surface area contributed by atoms with E-state index in [4.69, 9.17) is 5.73 Å². The molecule has 3 N–H and O–H groups in total. The van der Waals surface area contributed by atoms with Gasteiger partial charge in [0, 0.05) is 24.8 Å². The van der Waals surface area contributed by atoms with Crippen molar-refractivity contribution in [3.8, 4) is 0 Å². The summed E-state index contributed by atoms with van der Waals surface area (Å²) < 4.78 is 1.65. The maximum absolute atomic E-state index is 9.62. The zero-order valence-corrected chi connectivity index (χ0v) is 7.44. The van der Waals surface area contributed by atoms with E-state index in [1.165, 1.54) is 0 Å². The molecule has 1 aromatic heterocycles. The highest BCUT2D eigenvalue weighted by Crippen LogP contribution is 2.15. The molecule has 0 aliphatic heterocycles. The van der Waals surface area contributed by atoms with Crippen molar-refractivity contribution in [3.05, 3.63) is 18.0 Å². The van der Waals surface area contributed by atoms with Gasteiger partial charge in [-0.05, 0) is 6.42 Å². The molecule has 1 heterocycles. The monoisotopic (exact) mass is 169 g/mol. The van der Waals surface area contributed by atoms with Gasteiger partial charge in [-0.2, -0.15) is 5.10 Å². The third-order valence-electron chi connectivity index (χ3n) is 1.94. The first kappa shape index (κ1) is 9.22. The Kier molecular flexibility index (Phi) is 2.83. The fraction of sp³-hybridized carbons (Fsp3) is 0.625. The van der Waals surface area contributed by atoms with E-state index in [0.717, 1.165) is 12.0 Å². The van der Waals surface area contributed by atoms with Crippen molar-refractivity contribution in [2.75, 3.05) is 0 Å². The molecule has 0 aliphatic rings. The molecule has 0 saturated heterocycles. The number of aliphatic hydroxyl groups excluding tert-OH is 1. The molecule has 1 aromatic rings. The quantitative estimate of drug-likeness (QED) is 0.679. The Balaban J connectivity index is 2.70. The van der Waals surface area contributed by atoms with Crippen LogP contribution in [0.15, 0.2) is 12.4 Å². The third kappa shape index (κ3) is 1.84. The van der Waals surface area contributed by atoms with Crippen LogP contribution in [0.1, 0.15) is 25.0 Å². The average molecular weight is 169 g/mol. The molecule has 2 unspecified atom stereocenters. The minimum absolute atomic E-state index is 0.200. The van der Waals surface area contributed by atoms with Crippen LogP contribution in [0.4, 0.5) is 0 Å². The normalized spacial score (nSPS) is 16.0. The van der Waals surface area contributed by atoms with Crippen LogP contribution < -0.4 is 5.73 Å². The van der Waals surface area contributed by atoms with E-state index >= 15 is 0 Å². The molecule has 0 radical (unpaired) electrons. The zero-order chi connectivity index (χ0) is 9.14. The van der Waals surface area contributed by atoms with E-state index in [2.05, 4.69) is 5.10 Å². The average Bonchev–Trinajstić information content (AvgIpc) is 2.49. The van der Waals surface area contributed by atoms with Gasteiger partial charge >= 0.3 is 0 Å². The molecule has 0 aliphatic carbocycles. The molecule has 68 valence electrons. The summed E-state index contributed by atoms with van der Waals surface area (Å²) in [5.41, 5.74) is 6.45. The number of nitrogens with two attached hydrogens (primary N) is 1. The van der Waals surface area contributed by atoms with E-state index in [1.54, 1.807) is 17.1 Å². The molecule has 2 atom stereocenters. The van der Waals surface area contributed by atoms with Crippen molar-refractivity contribution in [1.82, 2.24) is 9.78 Å². The Morgan fingerprint density at radius 2 is 2.42 bits per heavy atom. The van der Waals surface area contributed by atoms with Crippen LogP contribution in [0.25, 0.3) is 0 Å². The first-order chi connectivity index (χ1) is 5.65. The van der Waals surface area contributed by atoms with Crippen LogP contribution in [0.3, 0.4) is 0 Å². The summed E-state index contributed by atoms with van der Waals surface area (Å²) in [6.07, 6.45) is 3.58. The minimum atomic E-state index is -0.594. The number of rotatable bonds is 3. The van der Waals surface area contributed by atoms with E-state index < -0.39 is 6.10 Å². The molecule has 0 bridgehead atoms. The molecule has 0 fully saturated rings. The molecular formula is C8H15N3O. The summed E-state index contributed by atoms with van der Waals surface area (Å²) in [5, 5.41) is 13.6. The Morgan fingerprint density at radius 3 is 2.83 bits per heavy atom. The van der Waals surface area contributed by atoms with E-state index in [0.29, 0.717) is 0 Å². The topological polar surface area (TPSA) is 64.1 Å². The standard InChI is InChI=1S/C8H15N3O/c1-3-7(9)8(12)6-4-10-11(2)5-6/h4-5,7-8,12H,3,9H2,1-2H3. The molecule has 0 spiro atoms. The minimum Gasteiger partial charge on any atom is -0.387 e. The predicted molar refractivity (Wildman–Crippen MR) is 46.4 cm³/mol. The summed E-state index contributed by atoms with van der Waals surface area (Å²) in [4.78, 5) is 0. The number of nitrogens with zero attached hydrogens (tertiary/aromatic N) is 2. The van der Waals surface area contributed by atoms with E-state index in [9.17, 15) is 5.11 Å². The second-order valence-corrected chi connectivity index (χ2v) is 2.96. The Morgan fingerprint density at radius 1 is 1.75 bits per heavy atom. The van der Waals surface area contributed by atoms with Crippen LogP contribution in [0, 0.1) is 0 Å². The van der Waals surface area contributed by atoms with E-state index in [1.807, 2.05) is 14.0 Å². The molecule has 0 aromatic carbocycles. The van der Waals surface area contributed by atoms with Crippen molar-refractivity contribution in [2.45, 2.75) is 25.5 Å². The van der Waals surface area contributed by atoms with Crippen LogP contribution in [0.2, 0.25) is 0 Å². The maximum Gasteiger partial charge on any atom is 0.0971 e. The summed E-state index contributed by atoms with van der Waals surface area (Å²) in [6.45, 7) is 1.95. The Hall–Kier alpha value is -0.870. The van der Waals surface area contributed by atoms with Crippen molar-refractivity contribution in [1.29, 1.82) is 0 Å². The highest BCUT2D eigenvalue weighted by Gasteiger charge is 2.15. The van der Waals surface area contributed by atoms with Gasteiger partial charge in [0.15, 0.2) is 0 Å². The first-order valence-electron chi connectivity index (χ1n) is 4.07. The summed E-state index contributed by atoms with van der Waals surface area (Å²) >= 11 is 0. The van der Waals surface area contributed by atoms with Gasteiger partial charge in [0.05, 0.1) is 12.3 Å². The van der Waals surface area contributed by atoms with Crippen molar-refractivity contribution in [3.63, 3.8) is 0 Å². The van der Waals surface area contributed by atoms with Crippen molar-refractivity contribution >= 4 is 0 Å². The summed E-state index contributed by atoms with van der Waals surface area (Å²) in [5.74, 6) is 0. The zero-order valence-electron chi connectivity index (χ0n) is 7.44. The second-order valence-electron chi connectivity index (χ2n) is 2.96. The Labute approximate surface area is 72.0 Å². The van der Waals surface area contributed by atoms with Gasteiger partial charge in [-0.15, -0.1) is 0 Å². The summed E-state index contributed by atoms with van der Waals surface area (Å²) in [7, 11) is 1.81. The number of aliphatic hydroxyl groups is 1. The Bertz CT molecular complexity index is 246. The predicted octanol–water partition coefficient (Wildman–Crippen LogP) is 0.191. The molecule has 0 amide bonds. The number of aromatic nitrogens is 2. The lowest BCUT2D eigenvalue weighted by Gasteiger charge is -2.14. The van der Waals surface area contributed by atoms with Gasteiger partial charge in [0.25, 0.3) is 0 Å². The highest BCUT2D eigenvalue weighted by atomic mass is 16.3. The van der Waals surface area contributed by atoms with Gasteiger partial charge in [-0.1, -0.05) is 6.92 Å². The molecule has 1 rings (SSSR count). The molecule has 12 heavy (non-hydrogen) atoms. The summed E-state index contributed by atoms with van der Waals surface area (Å²) in [6, 6.07) is -0.200. The fourth-order valence-electron chi connectivity index (χ4n) is 1.06. The molecule has 0 saturated carbocycles. The van der Waals surface area contributed by atoms with Crippen LogP contribution in [0.5, 0.6) is 0 Å². The van der Waals surface area contributed by atoms with Crippen LogP contribution in [-0.4, -0.2) is 20.9 Å². The number of aryl methyl sites for hydroxylation is 1. The molecular weight excluding hydrogens is 154 g/mol. The van der Waals surface area contributed by atoms with E-state index in [-0.39, 0.29) is 6.04 Å². The molecule has 4 nitrogen and oxygen atoms in total. The van der Waals surface area contributed by atoms with Crippen LogP contribution in [-0.2, 0) is 7.05 Å². The van der Waals surface area contributed by atoms with Crippen LogP contribution >= 0.6 is 0 Å². The SMILES string of the molecule is CCC(N)C(O)c1cnn(C)c1. The second kappa shape index (κ2) is 3.69. The smallest absolute Gasteiger partial charge is 0.0971 e. The lowest BCUT2D eigenvalue weighted by atomic mass is 10.0. The fourth-order valence-corrected chi connectivity index (χ4v) is 1.06. The number of hydrogen-bond donors (Lipinski definition) is 2. The highest BCUT2D eigenvalue weighted by molar-refractivity contribution is 5.09. The lowest BCUT2D eigenvalue weighted by Crippen LogP contribution is -2.27. The lowest BCUT2D eigenvalue weighted by molar-refractivity contribution is 0.144. The van der Waals surface area contributed by atoms with Crippen molar-refractivity contribution < 1.29 is 5.11 Å². The largest absolute Gasteiger partial charge is 0.387 e. The third-order valence-corrected chi connectivity index (χ3v) is 1.94.